The lowest BCUT2D eigenvalue weighted by molar-refractivity contribution is 0.415. The number of aromatic nitrogens is 1. The van der Waals surface area contributed by atoms with Gasteiger partial charge in [0.1, 0.15) is 23.3 Å². The monoisotopic (exact) mass is 231 g/mol. The highest BCUT2D eigenvalue weighted by atomic mass is 19.1. The number of rotatable bonds is 2. The van der Waals surface area contributed by atoms with Gasteiger partial charge in [-0.25, -0.2) is 4.39 Å². The molecule has 0 saturated heterocycles. The van der Waals surface area contributed by atoms with E-state index in [2.05, 4.69) is 0 Å². The summed E-state index contributed by atoms with van der Waals surface area (Å²) in [4.78, 5) is 0. The Kier molecular flexibility index (Phi) is 2.71. The number of nitrogens with two attached hydrogens (primary N) is 1. The van der Waals surface area contributed by atoms with Crippen molar-refractivity contribution in [1.82, 2.24) is 4.57 Å². The van der Waals surface area contributed by atoms with Gasteiger partial charge in [-0.15, -0.1) is 0 Å². The van der Waals surface area contributed by atoms with Crippen LogP contribution in [-0.2, 0) is 0 Å². The first-order chi connectivity index (χ1) is 8.17. The van der Waals surface area contributed by atoms with Crippen molar-refractivity contribution >= 4 is 5.69 Å². The molecule has 0 atom stereocenters. The van der Waals surface area contributed by atoms with Crippen LogP contribution in [0, 0.1) is 17.1 Å². The van der Waals surface area contributed by atoms with Gasteiger partial charge in [-0.3, -0.25) is 0 Å². The molecule has 4 nitrogen and oxygen atoms in total. The van der Waals surface area contributed by atoms with Gasteiger partial charge in [0.25, 0.3) is 0 Å². The van der Waals surface area contributed by atoms with Gasteiger partial charge in [0.05, 0.1) is 18.5 Å². The zero-order chi connectivity index (χ0) is 12.4. The third kappa shape index (κ3) is 1.81. The van der Waals surface area contributed by atoms with Crippen molar-refractivity contribution < 1.29 is 9.13 Å². The maximum atomic E-state index is 13.8. The third-order valence-electron chi connectivity index (χ3n) is 2.42. The second-order valence-electron chi connectivity index (χ2n) is 3.42. The smallest absolute Gasteiger partial charge is 0.149 e. The maximum Gasteiger partial charge on any atom is 0.149 e. The molecule has 0 unspecified atom stereocenters. The summed E-state index contributed by atoms with van der Waals surface area (Å²) in [6.45, 7) is 0. The molecule has 0 radical (unpaired) electrons. The van der Waals surface area contributed by atoms with Gasteiger partial charge in [-0.2, -0.15) is 5.26 Å². The van der Waals surface area contributed by atoms with Gasteiger partial charge in [-0.05, 0) is 12.1 Å². The lowest BCUT2D eigenvalue weighted by Gasteiger charge is -2.10. The van der Waals surface area contributed by atoms with Crippen LogP contribution in [0.25, 0.3) is 5.69 Å². The molecule has 0 fully saturated rings. The predicted octanol–water partition coefficient (Wildman–Crippen LogP) is 2.08. The van der Waals surface area contributed by atoms with Crippen LogP contribution in [0.5, 0.6) is 5.75 Å². The Morgan fingerprint density at radius 2 is 2.24 bits per heavy atom. The van der Waals surface area contributed by atoms with Crippen molar-refractivity contribution in [1.29, 1.82) is 5.26 Å². The minimum atomic E-state index is -0.504. The first kappa shape index (κ1) is 11.0. The fraction of sp³-hybridized carbons (Fsp3) is 0.0833. The molecule has 0 spiro atoms. The Morgan fingerprint density at radius 1 is 1.47 bits per heavy atom. The normalized spacial score (nSPS) is 9.94. The van der Waals surface area contributed by atoms with E-state index in [1.54, 1.807) is 18.3 Å². The van der Waals surface area contributed by atoms with Crippen LogP contribution in [0.4, 0.5) is 10.1 Å². The van der Waals surface area contributed by atoms with Crippen molar-refractivity contribution in [2.75, 3.05) is 12.8 Å². The molecule has 2 aromatic rings. The molecular formula is C12H10FN3O. The lowest BCUT2D eigenvalue weighted by Crippen LogP contribution is -2.02. The Morgan fingerprint density at radius 3 is 2.88 bits per heavy atom. The molecule has 1 aromatic heterocycles. The van der Waals surface area contributed by atoms with Crippen LogP contribution in [-0.4, -0.2) is 11.7 Å². The summed E-state index contributed by atoms with van der Waals surface area (Å²) in [6.07, 6.45) is 1.60. The lowest BCUT2D eigenvalue weighted by atomic mass is 10.2. The van der Waals surface area contributed by atoms with Crippen LogP contribution in [0.3, 0.4) is 0 Å². The molecular weight excluding hydrogens is 221 g/mol. The Hall–Kier alpha value is -2.48. The van der Waals surface area contributed by atoms with E-state index in [4.69, 9.17) is 15.7 Å². The molecule has 0 aliphatic carbocycles. The van der Waals surface area contributed by atoms with E-state index in [1.165, 1.54) is 23.8 Å². The molecule has 0 aliphatic rings. The topological polar surface area (TPSA) is 64.0 Å². The predicted molar refractivity (Wildman–Crippen MR) is 61.4 cm³/mol. The van der Waals surface area contributed by atoms with Gasteiger partial charge < -0.3 is 15.0 Å². The fourth-order valence-corrected chi connectivity index (χ4v) is 1.60. The summed E-state index contributed by atoms with van der Waals surface area (Å²) < 4.78 is 20.2. The largest absolute Gasteiger partial charge is 0.495 e. The zero-order valence-electron chi connectivity index (χ0n) is 9.14. The number of halogens is 1. The van der Waals surface area contributed by atoms with Gasteiger partial charge in [-0.1, -0.05) is 0 Å². The molecule has 5 heteroatoms. The number of nitrogens with zero attached hydrogens (tertiary/aromatic N) is 2. The molecule has 2 N–H and O–H groups in total. The zero-order valence-corrected chi connectivity index (χ0v) is 9.14. The van der Waals surface area contributed by atoms with Crippen LogP contribution >= 0.6 is 0 Å². The molecule has 1 heterocycles. The minimum absolute atomic E-state index is 0.222. The number of hydrogen-bond donors (Lipinski definition) is 1. The second kappa shape index (κ2) is 4.18. The number of methoxy groups -OCH3 is 1. The third-order valence-corrected chi connectivity index (χ3v) is 2.42. The summed E-state index contributed by atoms with van der Waals surface area (Å²) in [6, 6.07) is 7.88. The average Bonchev–Trinajstić information content (AvgIpc) is 2.77. The summed E-state index contributed by atoms with van der Waals surface area (Å²) in [5.74, 6) is -0.130. The molecule has 0 aliphatic heterocycles. The number of benzene rings is 1. The quantitative estimate of drug-likeness (QED) is 0.805. The summed E-state index contributed by atoms with van der Waals surface area (Å²) in [7, 11) is 1.45. The van der Waals surface area contributed by atoms with Crippen molar-refractivity contribution in [2.24, 2.45) is 0 Å². The van der Waals surface area contributed by atoms with E-state index < -0.39 is 5.82 Å². The summed E-state index contributed by atoms with van der Waals surface area (Å²) in [5.41, 5.74) is 6.38. The van der Waals surface area contributed by atoms with Crippen molar-refractivity contribution in [3.63, 3.8) is 0 Å². The van der Waals surface area contributed by atoms with Crippen LogP contribution in [0.1, 0.15) is 5.69 Å². The van der Waals surface area contributed by atoms with Crippen molar-refractivity contribution in [2.45, 2.75) is 0 Å². The Labute approximate surface area is 97.6 Å². The van der Waals surface area contributed by atoms with Crippen LogP contribution in [0.2, 0.25) is 0 Å². The number of nitriles is 1. The molecule has 0 amide bonds. The molecule has 0 saturated carbocycles. The molecule has 0 bridgehead atoms. The highest BCUT2D eigenvalue weighted by Gasteiger charge is 2.12. The molecule has 1 aromatic carbocycles. The van der Waals surface area contributed by atoms with Crippen LogP contribution < -0.4 is 10.5 Å². The number of nitrogen functional groups attached to an aromatic ring is 1. The Bertz CT molecular complexity index is 598. The molecule has 86 valence electrons. The van der Waals surface area contributed by atoms with E-state index in [1.807, 2.05) is 6.07 Å². The minimum Gasteiger partial charge on any atom is -0.495 e. The highest BCUT2D eigenvalue weighted by molar-refractivity contribution is 5.59. The highest BCUT2D eigenvalue weighted by Crippen LogP contribution is 2.28. The molecule has 17 heavy (non-hydrogen) atoms. The van der Waals surface area contributed by atoms with Gasteiger partial charge in [0.2, 0.25) is 0 Å². The number of anilines is 1. The average molecular weight is 231 g/mol. The SMILES string of the molecule is COc1cc(-n2cccc2C#N)c(F)cc1N. The number of hydrogen-bond acceptors (Lipinski definition) is 3. The standard InChI is InChI=1S/C12H10FN3O/c1-17-12-6-11(9(13)5-10(12)15)16-4-2-3-8(16)7-14/h2-6H,15H2,1H3. The fourth-order valence-electron chi connectivity index (χ4n) is 1.60. The number of ether oxygens (including phenoxy) is 1. The van der Waals surface area contributed by atoms with Crippen LogP contribution in [0.15, 0.2) is 30.5 Å². The maximum absolute atomic E-state index is 13.8. The first-order valence-corrected chi connectivity index (χ1v) is 4.88. The Balaban J connectivity index is 2.64. The van der Waals surface area contributed by atoms with Gasteiger partial charge in [0, 0.05) is 18.3 Å². The van der Waals surface area contributed by atoms with E-state index in [0.29, 0.717) is 11.4 Å². The van der Waals surface area contributed by atoms with E-state index >= 15 is 0 Å². The van der Waals surface area contributed by atoms with E-state index in [-0.39, 0.29) is 11.4 Å². The van der Waals surface area contributed by atoms with E-state index in [0.717, 1.165) is 0 Å². The van der Waals surface area contributed by atoms with Crippen molar-refractivity contribution in [3.05, 3.63) is 42.0 Å². The van der Waals surface area contributed by atoms with Gasteiger partial charge in [0.15, 0.2) is 0 Å². The summed E-state index contributed by atoms with van der Waals surface area (Å²) >= 11 is 0. The van der Waals surface area contributed by atoms with E-state index in [9.17, 15) is 4.39 Å². The van der Waals surface area contributed by atoms with Crippen molar-refractivity contribution in [3.8, 4) is 17.5 Å². The second-order valence-corrected chi connectivity index (χ2v) is 3.42. The molecule has 2 rings (SSSR count). The summed E-state index contributed by atoms with van der Waals surface area (Å²) in [5, 5.41) is 8.89. The van der Waals surface area contributed by atoms with Gasteiger partial charge >= 0.3 is 0 Å². The first-order valence-electron chi connectivity index (χ1n) is 4.88.